The molecule has 2 atom stereocenters. The summed E-state index contributed by atoms with van der Waals surface area (Å²) in [5.74, 6) is -0.977. The van der Waals surface area contributed by atoms with Gasteiger partial charge in [0.15, 0.2) is 6.10 Å². The molecule has 1 aliphatic rings. The van der Waals surface area contributed by atoms with Crippen molar-refractivity contribution in [1.29, 1.82) is 0 Å². The summed E-state index contributed by atoms with van der Waals surface area (Å²) >= 11 is 3.46. The van der Waals surface area contributed by atoms with E-state index in [2.05, 4.69) is 38.7 Å². The predicted molar refractivity (Wildman–Crippen MR) is 167 cm³/mol. The normalized spacial score (nSPS) is 14.9. The summed E-state index contributed by atoms with van der Waals surface area (Å²) in [5.41, 5.74) is 4.32. The van der Waals surface area contributed by atoms with E-state index in [1.165, 1.54) is 44.8 Å². The minimum atomic E-state index is -1.15. The van der Waals surface area contributed by atoms with Crippen LogP contribution < -0.4 is 15.5 Å². The monoisotopic (exact) mass is 635 g/mol. The van der Waals surface area contributed by atoms with E-state index in [1.807, 2.05) is 43.3 Å². The number of hydrogen-bond acceptors (Lipinski definition) is 4. The Hall–Kier alpha value is -3.69. The molecule has 9 heteroatoms. The van der Waals surface area contributed by atoms with E-state index in [0.717, 1.165) is 21.3 Å². The highest BCUT2D eigenvalue weighted by Gasteiger charge is 2.22. The molecule has 1 unspecified atom stereocenters. The number of carbonyl (C=O) groups excluding carboxylic acids is 2. The molecule has 42 heavy (non-hydrogen) atoms. The number of urea groups is 1. The third kappa shape index (κ3) is 8.42. The van der Waals surface area contributed by atoms with Gasteiger partial charge >= 0.3 is 12.0 Å². The van der Waals surface area contributed by atoms with Gasteiger partial charge in [0.05, 0.1) is 19.1 Å². The second-order valence-corrected chi connectivity index (χ2v) is 11.6. The van der Waals surface area contributed by atoms with Crippen LogP contribution in [0, 0.1) is 0 Å². The molecule has 1 fully saturated rings. The van der Waals surface area contributed by atoms with Gasteiger partial charge in [0.2, 0.25) is 0 Å². The number of halogens is 1. The standard InChI is InChI=1S/C33H38BrN3O5/c1-22(24-12-16-28(34)17-13-24)36-33(41)37(29-18-14-26(15-19-29)25-6-4-3-5-7-25)21-23-8-10-27(11-9-23)31(38)35-20-30(42-2)32(39)40/h8-19,22,25,30H,3-7,20-21H2,1-2H3,(H,35,38)(H,36,41)(H,39,40)/t22?,30-/m1/s1. The van der Waals surface area contributed by atoms with Gasteiger partial charge in [-0.25, -0.2) is 9.59 Å². The molecule has 0 aromatic heterocycles. The Bertz CT molecular complexity index is 1340. The lowest BCUT2D eigenvalue weighted by Crippen LogP contribution is -2.41. The number of rotatable bonds is 11. The zero-order valence-corrected chi connectivity index (χ0v) is 25.6. The van der Waals surface area contributed by atoms with Crippen molar-refractivity contribution < 1.29 is 24.2 Å². The Labute approximate surface area is 255 Å². The number of carboxylic acids is 1. The second kappa shape index (κ2) is 15.0. The first-order valence-corrected chi connectivity index (χ1v) is 15.1. The van der Waals surface area contributed by atoms with Gasteiger partial charge in [-0.1, -0.05) is 71.6 Å². The van der Waals surface area contributed by atoms with Gasteiger partial charge < -0.3 is 20.5 Å². The molecule has 0 aliphatic heterocycles. The molecule has 0 bridgehead atoms. The van der Waals surface area contributed by atoms with E-state index in [9.17, 15) is 14.4 Å². The Morgan fingerprint density at radius 3 is 2.19 bits per heavy atom. The molecule has 1 saturated carbocycles. The number of anilines is 1. The van der Waals surface area contributed by atoms with Gasteiger partial charge in [-0.3, -0.25) is 9.69 Å². The van der Waals surface area contributed by atoms with Crippen molar-refractivity contribution >= 4 is 39.5 Å². The first-order chi connectivity index (χ1) is 20.2. The van der Waals surface area contributed by atoms with E-state index in [0.29, 0.717) is 18.0 Å². The molecule has 222 valence electrons. The van der Waals surface area contributed by atoms with Crippen molar-refractivity contribution in [3.8, 4) is 0 Å². The lowest BCUT2D eigenvalue weighted by molar-refractivity contribution is -0.148. The van der Waals surface area contributed by atoms with Gasteiger partial charge in [0.1, 0.15) is 0 Å². The van der Waals surface area contributed by atoms with E-state index in [-0.39, 0.29) is 18.6 Å². The average Bonchev–Trinajstić information content (AvgIpc) is 3.01. The van der Waals surface area contributed by atoms with Crippen LogP contribution >= 0.6 is 15.9 Å². The van der Waals surface area contributed by atoms with Crippen molar-refractivity contribution in [3.05, 3.63) is 99.5 Å². The number of ether oxygens (including phenoxy) is 1. The third-order valence-electron chi connectivity index (χ3n) is 7.80. The first kappa shape index (κ1) is 31.3. The average molecular weight is 637 g/mol. The fourth-order valence-electron chi connectivity index (χ4n) is 5.24. The summed E-state index contributed by atoms with van der Waals surface area (Å²) < 4.78 is 5.84. The maximum absolute atomic E-state index is 13.7. The Balaban J connectivity index is 1.50. The minimum absolute atomic E-state index is 0.145. The highest BCUT2D eigenvalue weighted by Crippen LogP contribution is 2.33. The van der Waals surface area contributed by atoms with Crippen molar-refractivity contribution in [3.63, 3.8) is 0 Å². The maximum atomic E-state index is 13.7. The van der Waals surface area contributed by atoms with Crippen LogP contribution in [-0.4, -0.2) is 42.8 Å². The lowest BCUT2D eigenvalue weighted by Gasteiger charge is -2.27. The molecule has 3 aromatic rings. The number of hydrogen-bond donors (Lipinski definition) is 3. The summed E-state index contributed by atoms with van der Waals surface area (Å²) in [5, 5.41) is 14.8. The Morgan fingerprint density at radius 1 is 0.952 bits per heavy atom. The van der Waals surface area contributed by atoms with Crippen LogP contribution in [0.5, 0.6) is 0 Å². The van der Waals surface area contributed by atoms with Gasteiger partial charge in [-0.15, -0.1) is 0 Å². The maximum Gasteiger partial charge on any atom is 0.334 e. The lowest BCUT2D eigenvalue weighted by atomic mass is 9.84. The van der Waals surface area contributed by atoms with E-state index < -0.39 is 18.0 Å². The number of aliphatic carboxylic acids is 1. The van der Waals surface area contributed by atoms with Gasteiger partial charge in [-0.2, -0.15) is 0 Å². The fourth-order valence-corrected chi connectivity index (χ4v) is 5.51. The van der Waals surface area contributed by atoms with E-state index >= 15 is 0 Å². The van der Waals surface area contributed by atoms with Crippen LogP contribution in [0.4, 0.5) is 10.5 Å². The molecule has 0 spiro atoms. The molecule has 3 N–H and O–H groups in total. The Kier molecular flexibility index (Phi) is 11.1. The van der Waals surface area contributed by atoms with Crippen molar-refractivity contribution in [2.24, 2.45) is 0 Å². The fraction of sp³-hybridized carbons (Fsp3) is 0.364. The molecular formula is C33H38BrN3O5. The number of nitrogens with zero attached hydrogens (tertiary/aromatic N) is 1. The van der Waals surface area contributed by atoms with Crippen LogP contribution in [0.15, 0.2) is 77.3 Å². The predicted octanol–water partition coefficient (Wildman–Crippen LogP) is 6.80. The molecule has 0 heterocycles. The number of benzene rings is 3. The number of methoxy groups -OCH3 is 1. The first-order valence-electron chi connectivity index (χ1n) is 14.3. The second-order valence-electron chi connectivity index (χ2n) is 10.7. The van der Waals surface area contributed by atoms with Crippen molar-refractivity contribution in [2.75, 3.05) is 18.6 Å². The molecule has 0 radical (unpaired) electrons. The number of carboxylic acid groups (broad SMARTS) is 1. The Morgan fingerprint density at radius 2 is 1.60 bits per heavy atom. The van der Waals surface area contributed by atoms with Crippen molar-refractivity contribution in [1.82, 2.24) is 10.6 Å². The highest BCUT2D eigenvalue weighted by atomic mass is 79.9. The molecule has 4 rings (SSSR count). The van der Waals surface area contributed by atoms with Crippen LogP contribution in [-0.2, 0) is 16.1 Å². The van der Waals surface area contributed by atoms with E-state index in [1.54, 1.807) is 29.2 Å². The van der Waals surface area contributed by atoms with Gasteiger partial charge in [0.25, 0.3) is 5.91 Å². The summed E-state index contributed by atoms with van der Waals surface area (Å²) in [6.45, 7) is 2.11. The quantitative estimate of drug-likeness (QED) is 0.215. The van der Waals surface area contributed by atoms with Crippen molar-refractivity contribution in [2.45, 2.75) is 63.6 Å². The molecular weight excluding hydrogens is 598 g/mol. The molecule has 3 amide bonds. The largest absolute Gasteiger partial charge is 0.479 e. The summed E-state index contributed by atoms with van der Waals surface area (Å²) in [4.78, 5) is 39.1. The number of nitrogens with one attached hydrogen (secondary N) is 2. The van der Waals surface area contributed by atoms with Crippen LogP contribution in [0.1, 0.15) is 78.0 Å². The van der Waals surface area contributed by atoms with Gasteiger partial charge in [-0.05, 0) is 78.8 Å². The SMILES string of the molecule is CO[C@H](CNC(=O)c1ccc(CN(C(=O)NC(C)c2ccc(Br)cc2)c2ccc(C3CCCCC3)cc2)cc1)C(=O)O. The molecule has 8 nitrogen and oxygen atoms in total. The minimum Gasteiger partial charge on any atom is -0.479 e. The van der Waals surface area contributed by atoms with E-state index in [4.69, 9.17) is 9.84 Å². The topological polar surface area (TPSA) is 108 Å². The van der Waals surface area contributed by atoms with Crippen LogP contribution in [0.2, 0.25) is 0 Å². The van der Waals surface area contributed by atoms with Gasteiger partial charge in [0, 0.05) is 22.8 Å². The van der Waals surface area contributed by atoms with Crippen LogP contribution in [0.3, 0.4) is 0 Å². The third-order valence-corrected chi connectivity index (χ3v) is 8.33. The highest BCUT2D eigenvalue weighted by molar-refractivity contribution is 9.10. The number of amides is 3. The summed E-state index contributed by atoms with van der Waals surface area (Å²) in [7, 11) is 1.28. The molecule has 1 aliphatic carbocycles. The molecule has 0 saturated heterocycles. The summed E-state index contributed by atoms with van der Waals surface area (Å²) in [6, 6.07) is 22.7. The molecule has 3 aromatic carbocycles. The number of carbonyl (C=O) groups is 3. The zero-order valence-electron chi connectivity index (χ0n) is 24.0. The van der Waals surface area contributed by atoms with Crippen LogP contribution in [0.25, 0.3) is 0 Å². The smallest absolute Gasteiger partial charge is 0.334 e. The zero-order chi connectivity index (χ0) is 30.1. The summed E-state index contributed by atoms with van der Waals surface area (Å²) in [6.07, 6.45) is 5.11.